The van der Waals surface area contributed by atoms with Crippen LogP contribution in [0.25, 0.3) is 0 Å². The lowest BCUT2D eigenvalue weighted by atomic mass is 10.1. The van der Waals surface area contributed by atoms with Gasteiger partial charge in [-0.05, 0) is 0 Å². The van der Waals surface area contributed by atoms with Crippen molar-refractivity contribution in [2.24, 2.45) is 5.92 Å². The summed E-state index contributed by atoms with van der Waals surface area (Å²) >= 11 is 0. The van der Waals surface area contributed by atoms with Crippen molar-refractivity contribution < 1.29 is 4.39 Å². The number of rotatable bonds is 0. The number of hydrogen-bond acceptors (Lipinski definition) is 2. The first-order valence-electron chi connectivity index (χ1n) is 2.59. The van der Waals surface area contributed by atoms with Gasteiger partial charge < -0.3 is 5.32 Å². The van der Waals surface area contributed by atoms with Gasteiger partial charge in [-0.1, -0.05) is 0 Å². The zero-order valence-electron chi connectivity index (χ0n) is 4.39. The molecule has 1 rings (SSSR count). The highest BCUT2D eigenvalue weighted by atomic mass is 19.1. The third-order valence-electron chi connectivity index (χ3n) is 1.31. The smallest absolute Gasteiger partial charge is 0.129 e. The lowest BCUT2D eigenvalue weighted by Crippen LogP contribution is -2.09. The standard InChI is InChI=1S/C5H7FN2/c6-5-3-8-2-4(5)1-7/h4-5,8H,2-3H2. The average Bonchev–Trinajstić information content (AvgIpc) is 2.14. The molecule has 0 amide bonds. The molecule has 0 aromatic carbocycles. The van der Waals surface area contributed by atoms with Gasteiger partial charge >= 0.3 is 0 Å². The van der Waals surface area contributed by atoms with E-state index in [0.717, 1.165) is 0 Å². The normalized spacial score (nSPS) is 37.0. The maximum absolute atomic E-state index is 12.3. The molecule has 0 aromatic heterocycles. The van der Waals surface area contributed by atoms with E-state index in [2.05, 4.69) is 5.32 Å². The van der Waals surface area contributed by atoms with E-state index in [9.17, 15) is 4.39 Å². The van der Waals surface area contributed by atoms with Crippen molar-refractivity contribution in [1.29, 1.82) is 5.26 Å². The van der Waals surface area contributed by atoms with E-state index in [0.29, 0.717) is 13.1 Å². The van der Waals surface area contributed by atoms with Gasteiger partial charge in [0, 0.05) is 13.1 Å². The van der Waals surface area contributed by atoms with E-state index < -0.39 is 12.1 Å². The van der Waals surface area contributed by atoms with E-state index in [1.807, 2.05) is 6.07 Å². The van der Waals surface area contributed by atoms with Gasteiger partial charge in [-0.2, -0.15) is 5.26 Å². The van der Waals surface area contributed by atoms with Crippen LogP contribution in [0.15, 0.2) is 0 Å². The van der Waals surface area contributed by atoms with Crippen LogP contribution in [0.3, 0.4) is 0 Å². The Labute approximate surface area is 47.3 Å². The summed E-state index contributed by atoms with van der Waals surface area (Å²) in [5.74, 6) is -0.407. The van der Waals surface area contributed by atoms with Gasteiger partial charge in [0.1, 0.15) is 6.17 Å². The Morgan fingerprint density at radius 3 is 2.62 bits per heavy atom. The molecule has 0 radical (unpaired) electrons. The zero-order chi connectivity index (χ0) is 5.98. The monoisotopic (exact) mass is 114 g/mol. The molecular formula is C5H7FN2. The average molecular weight is 114 g/mol. The second-order valence-corrected chi connectivity index (χ2v) is 1.91. The predicted octanol–water partition coefficient (Wildman–Crippen LogP) is 0.0675. The van der Waals surface area contributed by atoms with Crippen molar-refractivity contribution >= 4 is 0 Å². The van der Waals surface area contributed by atoms with Crippen LogP contribution in [-0.2, 0) is 0 Å². The summed E-state index contributed by atoms with van der Waals surface area (Å²) in [5, 5.41) is 11.0. The first-order chi connectivity index (χ1) is 3.84. The Balaban J connectivity index is 2.45. The van der Waals surface area contributed by atoms with Gasteiger partial charge in [0.25, 0.3) is 0 Å². The fourth-order valence-corrected chi connectivity index (χ4v) is 0.773. The van der Waals surface area contributed by atoms with E-state index in [1.165, 1.54) is 0 Å². The molecule has 1 heterocycles. The van der Waals surface area contributed by atoms with Crippen LogP contribution < -0.4 is 5.32 Å². The summed E-state index contributed by atoms with van der Waals surface area (Å²) in [4.78, 5) is 0. The fraction of sp³-hybridized carbons (Fsp3) is 0.800. The number of halogens is 1. The Kier molecular flexibility index (Phi) is 1.45. The van der Waals surface area contributed by atoms with Crippen LogP contribution in [0.5, 0.6) is 0 Å². The molecule has 0 bridgehead atoms. The maximum Gasteiger partial charge on any atom is 0.129 e. The van der Waals surface area contributed by atoms with Gasteiger partial charge in [0.15, 0.2) is 0 Å². The van der Waals surface area contributed by atoms with Crippen molar-refractivity contribution in [3.8, 4) is 6.07 Å². The lowest BCUT2D eigenvalue weighted by Gasteiger charge is -1.96. The lowest BCUT2D eigenvalue weighted by molar-refractivity contribution is 0.322. The van der Waals surface area contributed by atoms with E-state index >= 15 is 0 Å². The molecule has 0 aromatic rings. The summed E-state index contributed by atoms with van der Waals surface area (Å²) in [6.45, 7) is 0.857. The third-order valence-corrected chi connectivity index (χ3v) is 1.31. The minimum absolute atomic E-state index is 0.345. The van der Waals surface area contributed by atoms with Crippen molar-refractivity contribution in [3.05, 3.63) is 0 Å². The quantitative estimate of drug-likeness (QED) is 0.483. The Morgan fingerprint density at radius 2 is 2.38 bits per heavy atom. The number of nitriles is 1. The predicted molar refractivity (Wildman–Crippen MR) is 26.9 cm³/mol. The zero-order valence-corrected chi connectivity index (χ0v) is 4.39. The van der Waals surface area contributed by atoms with Gasteiger partial charge in [0.2, 0.25) is 0 Å². The molecule has 1 fully saturated rings. The summed E-state index contributed by atoms with van der Waals surface area (Å²) in [5.41, 5.74) is 0. The summed E-state index contributed by atoms with van der Waals surface area (Å²) in [6, 6.07) is 1.88. The van der Waals surface area contributed by atoms with Crippen molar-refractivity contribution in [2.45, 2.75) is 6.17 Å². The maximum atomic E-state index is 12.3. The van der Waals surface area contributed by atoms with Crippen LogP contribution in [0.4, 0.5) is 4.39 Å². The second-order valence-electron chi connectivity index (χ2n) is 1.91. The fourth-order valence-electron chi connectivity index (χ4n) is 0.773. The molecule has 0 spiro atoms. The second kappa shape index (κ2) is 2.10. The number of alkyl halides is 1. The number of nitrogens with zero attached hydrogens (tertiary/aromatic N) is 1. The van der Waals surface area contributed by atoms with Crippen LogP contribution in [0.2, 0.25) is 0 Å². The highest BCUT2D eigenvalue weighted by molar-refractivity contribution is 4.95. The van der Waals surface area contributed by atoms with Gasteiger partial charge in [0.05, 0.1) is 12.0 Å². The van der Waals surface area contributed by atoms with Gasteiger partial charge in [-0.15, -0.1) is 0 Å². The van der Waals surface area contributed by atoms with Gasteiger partial charge in [-0.25, -0.2) is 4.39 Å². The first-order valence-corrected chi connectivity index (χ1v) is 2.59. The summed E-state index contributed by atoms with van der Waals surface area (Å²) in [6.07, 6.45) is -0.944. The summed E-state index contributed by atoms with van der Waals surface area (Å²) in [7, 11) is 0. The largest absolute Gasteiger partial charge is 0.312 e. The van der Waals surface area contributed by atoms with E-state index in [4.69, 9.17) is 5.26 Å². The molecule has 3 heteroatoms. The molecule has 1 aliphatic rings. The Morgan fingerprint density at radius 1 is 1.62 bits per heavy atom. The number of nitrogens with one attached hydrogen (secondary N) is 1. The van der Waals surface area contributed by atoms with Gasteiger partial charge in [-0.3, -0.25) is 0 Å². The highest BCUT2D eigenvalue weighted by Crippen LogP contribution is 2.09. The molecule has 0 aliphatic carbocycles. The highest BCUT2D eigenvalue weighted by Gasteiger charge is 2.25. The van der Waals surface area contributed by atoms with Crippen molar-refractivity contribution in [3.63, 3.8) is 0 Å². The van der Waals surface area contributed by atoms with Crippen molar-refractivity contribution in [2.75, 3.05) is 13.1 Å². The van der Waals surface area contributed by atoms with Crippen molar-refractivity contribution in [1.82, 2.24) is 5.32 Å². The minimum atomic E-state index is -0.944. The van der Waals surface area contributed by atoms with Crippen LogP contribution in [0, 0.1) is 17.2 Å². The minimum Gasteiger partial charge on any atom is -0.312 e. The Hall–Kier alpha value is -0.620. The van der Waals surface area contributed by atoms with Crippen LogP contribution in [0.1, 0.15) is 0 Å². The van der Waals surface area contributed by atoms with E-state index in [-0.39, 0.29) is 0 Å². The first kappa shape index (κ1) is 5.52. The molecule has 0 saturated carbocycles. The molecule has 2 unspecified atom stereocenters. The Bertz CT molecular complexity index is 118. The molecular weight excluding hydrogens is 107 g/mol. The molecule has 1 saturated heterocycles. The third kappa shape index (κ3) is 0.797. The molecule has 1 aliphatic heterocycles. The molecule has 2 nitrogen and oxygen atoms in total. The van der Waals surface area contributed by atoms with Crippen LogP contribution >= 0.6 is 0 Å². The molecule has 44 valence electrons. The number of hydrogen-bond donors (Lipinski definition) is 1. The molecule has 8 heavy (non-hydrogen) atoms. The summed E-state index contributed by atoms with van der Waals surface area (Å²) < 4.78 is 12.3. The molecule has 1 N–H and O–H groups in total. The SMILES string of the molecule is N#CC1CNCC1F. The van der Waals surface area contributed by atoms with E-state index in [1.54, 1.807) is 0 Å². The molecule has 2 atom stereocenters. The van der Waals surface area contributed by atoms with Crippen LogP contribution in [-0.4, -0.2) is 19.3 Å². The topological polar surface area (TPSA) is 35.8 Å².